The maximum atomic E-state index is 6.02. The maximum absolute atomic E-state index is 6.02. The molecule has 0 aromatic carbocycles. The van der Waals surface area contributed by atoms with Gasteiger partial charge in [0.2, 0.25) is 0 Å². The Kier molecular flexibility index (Phi) is 8.56. The molecule has 6 unspecified atom stereocenters. The van der Waals surface area contributed by atoms with E-state index in [1.165, 1.54) is 22.3 Å². The van der Waals surface area contributed by atoms with Crippen molar-refractivity contribution in [2.24, 2.45) is 56.2 Å². The lowest BCUT2D eigenvalue weighted by Gasteiger charge is -2.68. The highest BCUT2D eigenvalue weighted by Gasteiger charge is 2.67. The van der Waals surface area contributed by atoms with E-state index in [-0.39, 0.29) is 44.7 Å². The van der Waals surface area contributed by atoms with Gasteiger partial charge in [0.1, 0.15) is 0 Å². The number of ether oxygens (including phenoxy) is 2. The molecule has 0 amide bonds. The summed E-state index contributed by atoms with van der Waals surface area (Å²) >= 11 is 0. The number of rotatable bonds is 4. The van der Waals surface area contributed by atoms with Crippen molar-refractivity contribution < 1.29 is 9.47 Å². The summed E-state index contributed by atoms with van der Waals surface area (Å²) in [5.41, 5.74) is 6.72. The summed E-state index contributed by atoms with van der Waals surface area (Å²) in [5, 5.41) is 0. The van der Waals surface area contributed by atoms with Gasteiger partial charge in [-0.2, -0.15) is 0 Å². The molecular weight excluding hydrogens is 488 g/mol. The first-order valence-electron chi connectivity index (χ1n) is 15.8. The second-order valence-electron chi connectivity index (χ2n) is 16.6. The molecule has 4 aliphatic carbocycles. The number of hydrogen-bond donors (Lipinski definition) is 0. The van der Waals surface area contributed by atoms with Gasteiger partial charge in [-0.25, -0.2) is 0 Å². The van der Waals surface area contributed by atoms with Gasteiger partial charge in [0.05, 0.1) is 12.2 Å². The van der Waals surface area contributed by atoms with Crippen LogP contribution in [0.1, 0.15) is 110 Å². The second kappa shape index (κ2) is 10.3. The molecule has 0 heterocycles. The highest BCUT2D eigenvalue weighted by atomic mass is 16.5. The number of hydrogen-bond acceptors (Lipinski definition) is 2. The zero-order valence-corrected chi connectivity index (χ0v) is 29.3. The average molecular weight is 553 g/mol. The molecule has 2 saturated carbocycles. The molecule has 0 aromatic heterocycles. The Bertz CT molecular complexity index is 995. The van der Waals surface area contributed by atoms with Crippen molar-refractivity contribution in [1.29, 1.82) is 0 Å². The monoisotopic (exact) mass is 552 g/mol. The van der Waals surface area contributed by atoms with Crippen LogP contribution < -0.4 is 0 Å². The Labute approximate surface area is 249 Å². The highest BCUT2D eigenvalue weighted by molar-refractivity contribution is 5.34. The first-order chi connectivity index (χ1) is 18.1. The minimum Gasteiger partial charge on any atom is -0.380 e. The van der Waals surface area contributed by atoms with Crippen molar-refractivity contribution in [1.82, 2.24) is 0 Å². The van der Waals surface area contributed by atoms with Crippen LogP contribution in [0.4, 0.5) is 0 Å². The highest BCUT2D eigenvalue weighted by Crippen LogP contribution is 2.71. The summed E-state index contributed by atoms with van der Waals surface area (Å²) in [6.45, 7) is 41.9. The first-order valence-corrected chi connectivity index (χ1v) is 15.8. The molecular formula is C38H64O2. The van der Waals surface area contributed by atoms with Crippen molar-refractivity contribution >= 4 is 0 Å². The van der Waals surface area contributed by atoms with E-state index in [1.807, 2.05) is 14.2 Å². The summed E-state index contributed by atoms with van der Waals surface area (Å²) in [5.74, 6) is 2.05. The molecule has 4 bridgehead atoms. The van der Waals surface area contributed by atoms with Gasteiger partial charge < -0.3 is 9.47 Å². The molecule has 2 fully saturated rings. The molecule has 0 saturated heterocycles. The van der Waals surface area contributed by atoms with E-state index >= 15 is 0 Å². The van der Waals surface area contributed by atoms with Crippen LogP contribution in [-0.4, -0.2) is 26.4 Å². The predicted molar refractivity (Wildman–Crippen MR) is 173 cm³/mol. The molecule has 2 nitrogen and oxygen atoms in total. The number of methoxy groups -OCH3 is 2. The normalized spacial score (nSPS) is 42.0. The van der Waals surface area contributed by atoms with Crippen LogP contribution in [0.5, 0.6) is 0 Å². The van der Waals surface area contributed by atoms with Crippen molar-refractivity contribution in [3.8, 4) is 0 Å². The minimum absolute atomic E-state index is 0.156. The molecule has 4 aliphatic rings. The van der Waals surface area contributed by atoms with E-state index in [1.54, 1.807) is 0 Å². The van der Waals surface area contributed by atoms with E-state index in [2.05, 4.69) is 122 Å². The Morgan fingerprint density at radius 3 is 1.15 bits per heavy atom. The summed E-state index contributed by atoms with van der Waals surface area (Å²) in [6, 6.07) is 0. The largest absolute Gasteiger partial charge is 0.380 e. The van der Waals surface area contributed by atoms with E-state index in [4.69, 9.17) is 9.47 Å². The quantitative estimate of drug-likeness (QED) is 0.323. The van der Waals surface area contributed by atoms with E-state index in [0.717, 1.165) is 12.8 Å². The van der Waals surface area contributed by atoms with Gasteiger partial charge in [-0.15, -0.1) is 0 Å². The van der Waals surface area contributed by atoms with E-state index in [9.17, 15) is 0 Å². The molecule has 0 N–H and O–H groups in total. The molecule has 8 atom stereocenters. The van der Waals surface area contributed by atoms with Crippen molar-refractivity contribution in [2.45, 2.75) is 122 Å². The molecule has 228 valence electrons. The lowest BCUT2D eigenvalue weighted by atomic mass is 9.37. The van der Waals surface area contributed by atoms with Crippen LogP contribution in [0.25, 0.3) is 0 Å². The van der Waals surface area contributed by atoms with Gasteiger partial charge in [-0.1, -0.05) is 117 Å². The van der Waals surface area contributed by atoms with Crippen LogP contribution >= 0.6 is 0 Å². The van der Waals surface area contributed by atoms with Gasteiger partial charge in [0, 0.05) is 36.9 Å². The fourth-order valence-corrected chi connectivity index (χ4v) is 11.5. The predicted octanol–water partition coefficient (Wildman–Crippen LogP) is 10.5. The maximum Gasteiger partial charge on any atom is 0.0695 e. The van der Waals surface area contributed by atoms with Crippen LogP contribution in [-0.2, 0) is 9.47 Å². The molecule has 4 rings (SSSR count). The van der Waals surface area contributed by atoms with Crippen LogP contribution in [0.3, 0.4) is 0 Å². The smallest absolute Gasteiger partial charge is 0.0695 e. The van der Waals surface area contributed by atoms with Crippen LogP contribution in [0.15, 0.2) is 47.6 Å². The number of allylic oxidation sites excluding steroid dienone is 4. The fraction of sp³-hybridized carbons (Fsp3) is 0.789. The zero-order chi connectivity index (χ0) is 31.0. The third kappa shape index (κ3) is 4.00. The van der Waals surface area contributed by atoms with Crippen molar-refractivity contribution in [2.75, 3.05) is 14.2 Å². The first kappa shape index (κ1) is 33.4. The zero-order valence-electron chi connectivity index (χ0n) is 29.3. The van der Waals surface area contributed by atoms with Gasteiger partial charge >= 0.3 is 0 Å². The average Bonchev–Trinajstić information content (AvgIpc) is 2.82. The Hall–Kier alpha value is -1.12. The molecule has 0 aromatic rings. The lowest BCUT2D eigenvalue weighted by molar-refractivity contribution is -0.194. The molecule has 2 heteroatoms. The minimum atomic E-state index is 0.156. The summed E-state index contributed by atoms with van der Waals surface area (Å²) in [6.07, 6.45) is 7.69. The SMILES string of the molecule is C=C(C)C12CC=C(C)C([C@@H](OC)C(C)(C)C1C)C2(C)C.C=C(C)C12CC=C(C)C([C@@H](OC)C(C)(C)C1C)C2(C)C. The topological polar surface area (TPSA) is 18.5 Å². The van der Waals surface area contributed by atoms with E-state index in [0.29, 0.717) is 23.7 Å². The fourth-order valence-electron chi connectivity index (χ4n) is 11.5. The molecule has 0 spiro atoms. The molecule has 0 radical (unpaired) electrons. The summed E-state index contributed by atoms with van der Waals surface area (Å²) < 4.78 is 12.0. The van der Waals surface area contributed by atoms with Crippen LogP contribution in [0, 0.1) is 56.2 Å². The van der Waals surface area contributed by atoms with E-state index < -0.39 is 0 Å². The second-order valence-corrected chi connectivity index (χ2v) is 16.6. The summed E-state index contributed by atoms with van der Waals surface area (Å²) in [4.78, 5) is 0. The third-order valence-electron chi connectivity index (χ3n) is 14.1. The third-order valence-corrected chi connectivity index (χ3v) is 14.1. The van der Waals surface area contributed by atoms with Crippen molar-refractivity contribution in [3.63, 3.8) is 0 Å². The Morgan fingerprint density at radius 1 is 0.650 bits per heavy atom. The van der Waals surface area contributed by atoms with Crippen LogP contribution in [0.2, 0.25) is 0 Å². The molecule has 40 heavy (non-hydrogen) atoms. The van der Waals surface area contributed by atoms with Crippen molar-refractivity contribution in [3.05, 3.63) is 47.6 Å². The van der Waals surface area contributed by atoms with Gasteiger partial charge in [0.25, 0.3) is 0 Å². The van der Waals surface area contributed by atoms with Gasteiger partial charge in [-0.05, 0) is 74.0 Å². The Morgan fingerprint density at radius 2 is 0.925 bits per heavy atom. The van der Waals surface area contributed by atoms with Gasteiger partial charge in [0.15, 0.2) is 0 Å². The summed E-state index contributed by atoms with van der Waals surface area (Å²) in [7, 11) is 3.76. The lowest BCUT2D eigenvalue weighted by Crippen LogP contribution is -2.65. The molecule has 0 aliphatic heterocycles. The van der Waals surface area contributed by atoms with Gasteiger partial charge in [-0.3, -0.25) is 0 Å². The Balaban J connectivity index is 0.000000220. The number of fused-ring (bicyclic) bond motifs is 4. The standard InChI is InChI=1S/2C19H32O/c2*1-12(2)19-11-10-13(3)15(18(19,7)8)16(20-9)17(5,6)14(19)4/h2*10,14-16H,1,11H2,2-9H3/t2*14?,15?,16-,19?/m11/s1.